The van der Waals surface area contributed by atoms with Crippen molar-refractivity contribution in [2.45, 2.75) is 42.7 Å². The number of carbonyl (C=O) groups is 1. The maximum Gasteiger partial charge on any atom is 0.337 e. The van der Waals surface area contributed by atoms with Gasteiger partial charge < -0.3 is 20.4 Å². The monoisotopic (exact) mass is 466 g/mol. The van der Waals surface area contributed by atoms with E-state index in [1.54, 1.807) is 4.31 Å². The van der Waals surface area contributed by atoms with Crippen molar-refractivity contribution in [2.24, 2.45) is 0 Å². The first-order valence-electron chi connectivity index (χ1n) is 10.0. The van der Waals surface area contributed by atoms with Gasteiger partial charge in [0.25, 0.3) is 5.56 Å². The summed E-state index contributed by atoms with van der Waals surface area (Å²) in [5, 5.41) is 13.5. The van der Waals surface area contributed by atoms with Crippen molar-refractivity contribution in [3.05, 3.63) is 40.3 Å². The predicted molar refractivity (Wildman–Crippen MR) is 119 cm³/mol. The zero-order chi connectivity index (χ0) is 21.0. The van der Waals surface area contributed by atoms with Crippen LogP contribution >= 0.6 is 12.4 Å². The fraction of sp³-hybridized carbons (Fsp3) is 0.400. The third-order valence-electron chi connectivity index (χ3n) is 5.97. The molecule has 2 aliphatic rings. The molecular weight excluding hydrogens is 444 g/mol. The number of nitrogens with one attached hydrogen (secondary N) is 3. The van der Waals surface area contributed by atoms with Crippen LogP contribution in [0.2, 0.25) is 0 Å². The SMILES string of the molecule is Cl.O=C(O)c1c[nH]c2c(=O)[nH]c3ccc(S(=O)(=O)N(C[C@H]4CCCN4)C4CC4)cc3c12. The molecule has 1 atom stereocenters. The third kappa shape index (κ3) is 3.73. The lowest BCUT2D eigenvalue weighted by molar-refractivity contribution is 0.0699. The average molecular weight is 467 g/mol. The van der Waals surface area contributed by atoms with Crippen LogP contribution in [-0.2, 0) is 10.0 Å². The first-order chi connectivity index (χ1) is 14.4. The van der Waals surface area contributed by atoms with E-state index >= 15 is 0 Å². The highest BCUT2D eigenvalue weighted by Gasteiger charge is 2.39. The van der Waals surface area contributed by atoms with Crippen molar-refractivity contribution in [3.63, 3.8) is 0 Å². The van der Waals surface area contributed by atoms with Crippen molar-refractivity contribution < 1.29 is 18.3 Å². The maximum atomic E-state index is 13.5. The predicted octanol–water partition coefficient (Wildman–Crippen LogP) is 2.03. The molecule has 2 aromatic heterocycles. The van der Waals surface area contributed by atoms with E-state index in [1.807, 2.05) is 0 Å². The van der Waals surface area contributed by atoms with Gasteiger partial charge in [0.2, 0.25) is 10.0 Å². The zero-order valence-corrected chi connectivity index (χ0v) is 18.2. The van der Waals surface area contributed by atoms with E-state index in [1.165, 1.54) is 24.4 Å². The van der Waals surface area contributed by atoms with Gasteiger partial charge in [0.05, 0.1) is 10.5 Å². The van der Waals surface area contributed by atoms with Gasteiger partial charge in [0.15, 0.2) is 0 Å². The van der Waals surface area contributed by atoms with Gasteiger partial charge in [0, 0.05) is 41.1 Å². The van der Waals surface area contributed by atoms with Gasteiger partial charge in [-0.15, -0.1) is 12.4 Å². The molecule has 0 spiro atoms. The van der Waals surface area contributed by atoms with Gasteiger partial charge in [-0.05, 0) is 50.4 Å². The molecule has 9 nitrogen and oxygen atoms in total. The minimum atomic E-state index is -3.77. The van der Waals surface area contributed by atoms with Crippen LogP contribution in [0.4, 0.5) is 0 Å². The van der Waals surface area contributed by atoms with E-state index in [9.17, 15) is 23.1 Å². The lowest BCUT2D eigenvalue weighted by Gasteiger charge is -2.25. The Balaban J connectivity index is 0.00000231. The second kappa shape index (κ2) is 7.94. The molecule has 1 aliphatic carbocycles. The summed E-state index contributed by atoms with van der Waals surface area (Å²) in [4.78, 5) is 29.4. The number of carboxylic acids is 1. The van der Waals surface area contributed by atoms with E-state index < -0.39 is 21.6 Å². The smallest absolute Gasteiger partial charge is 0.337 e. The van der Waals surface area contributed by atoms with Crippen molar-refractivity contribution in [1.29, 1.82) is 0 Å². The largest absolute Gasteiger partial charge is 0.478 e. The van der Waals surface area contributed by atoms with Crippen molar-refractivity contribution >= 4 is 50.2 Å². The number of H-pyrrole nitrogens is 2. The quantitative estimate of drug-likeness (QED) is 0.439. The van der Waals surface area contributed by atoms with Crippen LogP contribution < -0.4 is 10.9 Å². The van der Waals surface area contributed by atoms with E-state index in [2.05, 4.69) is 15.3 Å². The highest BCUT2D eigenvalue weighted by Crippen LogP contribution is 2.34. The number of fused-ring (bicyclic) bond motifs is 3. The van der Waals surface area contributed by atoms with E-state index in [4.69, 9.17) is 0 Å². The van der Waals surface area contributed by atoms with Crippen LogP contribution in [0.25, 0.3) is 21.8 Å². The molecule has 3 heterocycles. The van der Waals surface area contributed by atoms with Crippen LogP contribution in [0.1, 0.15) is 36.0 Å². The van der Waals surface area contributed by atoms with Crippen LogP contribution in [-0.4, -0.2) is 58.9 Å². The second-order valence-electron chi connectivity index (χ2n) is 8.02. The van der Waals surface area contributed by atoms with Crippen molar-refractivity contribution in [1.82, 2.24) is 19.6 Å². The fourth-order valence-corrected chi connectivity index (χ4v) is 6.06. The number of nitrogens with zero attached hydrogens (tertiary/aromatic N) is 1. The van der Waals surface area contributed by atoms with Gasteiger partial charge in [-0.1, -0.05) is 0 Å². The first-order valence-corrected chi connectivity index (χ1v) is 11.5. The van der Waals surface area contributed by atoms with Gasteiger partial charge in [-0.25, -0.2) is 13.2 Å². The Morgan fingerprint density at radius 1 is 1.23 bits per heavy atom. The van der Waals surface area contributed by atoms with Crippen LogP contribution in [0.3, 0.4) is 0 Å². The summed E-state index contributed by atoms with van der Waals surface area (Å²) in [7, 11) is -3.77. The molecule has 2 fully saturated rings. The summed E-state index contributed by atoms with van der Waals surface area (Å²) < 4.78 is 28.6. The van der Waals surface area contributed by atoms with Gasteiger partial charge in [0.1, 0.15) is 5.52 Å². The Hall–Kier alpha value is -2.40. The molecule has 0 amide bonds. The number of rotatable bonds is 6. The van der Waals surface area contributed by atoms with Crippen molar-refractivity contribution in [3.8, 4) is 0 Å². The Labute approximate surface area is 184 Å². The van der Waals surface area contributed by atoms with E-state index in [0.717, 1.165) is 32.2 Å². The summed E-state index contributed by atoms with van der Waals surface area (Å²) in [6.45, 7) is 1.33. The lowest BCUT2D eigenvalue weighted by Crippen LogP contribution is -2.42. The summed E-state index contributed by atoms with van der Waals surface area (Å²) in [6.07, 6.45) is 4.93. The normalized spacial score (nSPS) is 19.2. The molecule has 11 heteroatoms. The van der Waals surface area contributed by atoms with Crippen molar-refractivity contribution in [2.75, 3.05) is 13.1 Å². The number of hydrogen-bond acceptors (Lipinski definition) is 5. The van der Waals surface area contributed by atoms with Crippen LogP contribution in [0, 0.1) is 0 Å². The van der Waals surface area contributed by atoms with E-state index in [-0.39, 0.29) is 45.9 Å². The van der Waals surface area contributed by atoms with E-state index in [0.29, 0.717) is 17.4 Å². The van der Waals surface area contributed by atoms with Gasteiger partial charge in [-0.3, -0.25) is 4.79 Å². The standard InChI is InChI=1S/C20H22N4O5S.ClH/c25-19-18-17(15(9-22-18)20(26)27)14-8-13(5-6-16(14)23-19)30(28,29)24(12-3-4-12)10-11-2-1-7-21-11;/h5-6,8-9,11-12,21-22H,1-4,7,10H2,(H,23,25)(H,26,27);1H/t11-;/m1./s1. The molecule has 1 aliphatic heterocycles. The summed E-state index contributed by atoms with van der Waals surface area (Å²) >= 11 is 0. The average Bonchev–Trinajstić information content (AvgIpc) is 3.22. The lowest BCUT2D eigenvalue weighted by atomic mass is 10.1. The number of halogens is 1. The Bertz CT molecular complexity index is 1320. The first kappa shape index (κ1) is 21.8. The van der Waals surface area contributed by atoms with Crippen LogP contribution in [0.15, 0.2) is 34.1 Å². The Morgan fingerprint density at radius 2 is 2.00 bits per heavy atom. The number of carboxylic acid groups (broad SMARTS) is 1. The Kier molecular flexibility index (Phi) is 5.59. The number of aromatic carboxylic acids is 1. The molecule has 1 saturated carbocycles. The Morgan fingerprint density at radius 3 is 2.65 bits per heavy atom. The van der Waals surface area contributed by atoms with Gasteiger partial charge >= 0.3 is 5.97 Å². The topological polar surface area (TPSA) is 135 Å². The number of aromatic nitrogens is 2. The third-order valence-corrected chi connectivity index (χ3v) is 7.88. The molecule has 4 N–H and O–H groups in total. The molecule has 0 bridgehead atoms. The second-order valence-corrected chi connectivity index (χ2v) is 9.91. The molecule has 166 valence electrons. The molecule has 1 saturated heterocycles. The van der Waals surface area contributed by atoms with Gasteiger partial charge in [-0.2, -0.15) is 4.31 Å². The molecule has 1 aromatic carbocycles. The number of sulfonamides is 1. The highest BCUT2D eigenvalue weighted by atomic mass is 35.5. The zero-order valence-electron chi connectivity index (χ0n) is 16.6. The number of benzene rings is 1. The number of hydrogen-bond donors (Lipinski definition) is 4. The molecule has 31 heavy (non-hydrogen) atoms. The summed E-state index contributed by atoms with van der Waals surface area (Å²) in [6, 6.07) is 4.63. The number of pyridine rings is 1. The summed E-state index contributed by atoms with van der Waals surface area (Å²) in [5.74, 6) is -1.19. The molecule has 3 aromatic rings. The summed E-state index contributed by atoms with van der Waals surface area (Å²) in [5.41, 5.74) is -0.00925. The number of aromatic amines is 2. The minimum absolute atomic E-state index is 0. The molecule has 0 unspecified atom stereocenters. The van der Waals surface area contributed by atoms with Crippen LogP contribution in [0.5, 0.6) is 0 Å². The minimum Gasteiger partial charge on any atom is -0.478 e. The molecular formula is C20H23ClN4O5S. The maximum absolute atomic E-state index is 13.5. The molecule has 0 radical (unpaired) electrons. The fourth-order valence-electron chi connectivity index (χ4n) is 4.31. The highest BCUT2D eigenvalue weighted by molar-refractivity contribution is 7.89. The molecule has 5 rings (SSSR count).